The lowest BCUT2D eigenvalue weighted by atomic mass is 10.2. The van der Waals surface area contributed by atoms with Gasteiger partial charge in [0.2, 0.25) is 0 Å². The van der Waals surface area contributed by atoms with E-state index in [1.165, 1.54) is 25.3 Å². The van der Waals surface area contributed by atoms with Crippen LogP contribution in [0.2, 0.25) is 0 Å². The second-order valence-electron chi connectivity index (χ2n) is 5.32. The normalized spacial score (nSPS) is 11.5. The minimum absolute atomic E-state index is 0.127. The van der Waals surface area contributed by atoms with Gasteiger partial charge in [0, 0.05) is 10.5 Å². The van der Waals surface area contributed by atoms with Crippen molar-refractivity contribution in [3.05, 3.63) is 56.5 Å². The van der Waals surface area contributed by atoms with Crippen LogP contribution in [0.4, 0.5) is 11.4 Å². The maximum Gasteiger partial charge on any atom is 0.273 e. The van der Waals surface area contributed by atoms with Gasteiger partial charge in [0.15, 0.2) is 17.6 Å². The average molecular weight is 409 g/mol. The number of carbonyl (C=O) groups is 1. The lowest BCUT2D eigenvalue weighted by Crippen LogP contribution is -2.30. The Morgan fingerprint density at radius 1 is 1.24 bits per heavy atom. The molecule has 0 heterocycles. The SMILES string of the molecule is COc1ccc([N+](=O)[O-])cc1O[C@@H](C)C(=O)Nc1ccc(C)cc1Br. The van der Waals surface area contributed by atoms with Gasteiger partial charge in [0.25, 0.3) is 11.6 Å². The fourth-order valence-electron chi connectivity index (χ4n) is 2.07. The minimum atomic E-state index is -0.885. The van der Waals surface area contributed by atoms with Crippen LogP contribution in [0.25, 0.3) is 0 Å². The second kappa shape index (κ2) is 7.98. The van der Waals surface area contributed by atoms with Crippen LogP contribution in [0.1, 0.15) is 12.5 Å². The van der Waals surface area contributed by atoms with E-state index in [1.54, 1.807) is 13.0 Å². The molecule has 0 aromatic heterocycles. The molecule has 1 atom stereocenters. The van der Waals surface area contributed by atoms with Crippen molar-refractivity contribution >= 4 is 33.2 Å². The largest absolute Gasteiger partial charge is 0.493 e. The lowest BCUT2D eigenvalue weighted by Gasteiger charge is -2.17. The van der Waals surface area contributed by atoms with Gasteiger partial charge < -0.3 is 14.8 Å². The van der Waals surface area contributed by atoms with E-state index in [-0.39, 0.29) is 11.4 Å². The number of aryl methyl sites for hydroxylation is 1. The smallest absolute Gasteiger partial charge is 0.273 e. The number of methoxy groups -OCH3 is 1. The van der Waals surface area contributed by atoms with Crippen molar-refractivity contribution in [1.29, 1.82) is 0 Å². The topological polar surface area (TPSA) is 90.7 Å². The van der Waals surface area contributed by atoms with E-state index in [0.717, 1.165) is 10.0 Å². The van der Waals surface area contributed by atoms with E-state index < -0.39 is 16.9 Å². The molecule has 25 heavy (non-hydrogen) atoms. The van der Waals surface area contributed by atoms with Gasteiger partial charge in [-0.05, 0) is 53.5 Å². The molecule has 2 aromatic rings. The van der Waals surface area contributed by atoms with Crippen LogP contribution in [0.15, 0.2) is 40.9 Å². The fraction of sp³-hybridized carbons (Fsp3) is 0.235. The Bertz CT molecular complexity index is 810. The van der Waals surface area contributed by atoms with E-state index in [1.807, 2.05) is 19.1 Å². The first kappa shape index (κ1) is 18.7. The van der Waals surface area contributed by atoms with E-state index >= 15 is 0 Å². The van der Waals surface area contributed by atoms with Gasteiger partial charge in [0.1, 0.15) is 0 Å². The van der Waals surface area contributed by atoms with Crippen molar-refractivity contribution in [2.75, 3.05) is 12.4 Å². The molecule has 2 rings (SSSR count). The molecular formula is C17H17BrN2O5. The molecule has 0 spiro atoms. The van der Waals surface area contributed by atoms with Crippen molar-refractivity contribution in [2.45, 2.75) is 20.0 Å². The third-order valence-corrected chi connectivity index (χ3v) is 4.07. The quantitative estimate of drug-likeness (QED) is 0.574. The van der Waals surface area contributed by atoms with Gasteiger partial charge in [-0.15, -0.1) is 0 Å². The summed E-state index contributed by atoms with van der Waals surface area (Å²) in [6.45, 7) is 3.49. The molecule has 1 amide bonds. The van der Waals surface area contributed by atoms with Crippen molar-refractivity contribution in [1.82, 2.24) is 0 Å². The van der Waals surface area contributed by atoms with Crippen LogP contribution in [0.3, 0.4) is 0 Å². The maximum atomic E-state index is 12.3. The van der Waals surface area contributed by atoms with Crippen LogP contribution < -0.4 is 14.8 Å². The number of nitrogens with zero attached hydrogens (tertiary/aromatic N) is 1. The van der Waals surface area contributed by atoms with Crippen LogP contribution in [0.5, 0.6) is 11.5 Å². The van der Waals surface area contributed by atoms with Crippen molar-refractivity contribution in [3.63, 3.8) is 0 Å². The summed E-state index contributed by atoms with van der Waals surface area (Å²) in [7, 11) is 1.42. The molecule has 0 saturated carbocycles. The molecule has 2 aromatic carbocycles. The molecule has 0 unspecified atom stereocenters. The minimum Gasteiger partial charge on any atom is -0.493 e. The van der Waals surface area contributed by atoms with Crippen LogP contribution in [0, 0.1) is 17.0 Å². The van der Waals surface area contributed by atoms with E-state index in [0.29, 0.717) is 11.4 Å². The Hall–Kier alpha value is -2.61. The predicted octanol–water partition coefficient (Wildman–Crippen LogP) is 4.08. The Balaban J connectivity index is 2.15. The Morgan fingerprint density at radius 3 is 2.56 bits per heavy atom. The molecule has 0 fully saturated rings. The van der Waals surface area contributed by atoms with Crippen LogP contribution in [-0.2, 0) is 4.79 Å². The predicted molar refractivity (Wildman–Crippen MR) is 97.2 cm³/mol. The number of nitro benzene ring substituents is 1. The number of hydrogen-bond acceptors (Lipinski definition) is 5. The zero-order chi connectivity index (χ0) is 18.6. The van der Waals surface area contributed by atoms with Gasteiger partial charge in [-0.25, -0.2) is 0 Å². The highest BCUT2D eigenvalue weighted by atomic mass is 79.9. The highest BCUT2D eigenvalue weighted by Gasteiger charge is 2.20. The molecule has 1 N–H and O–H groups in total. The summed E-state index contributed by atoms with van der Waals surface area (Å²) in [4.78, 5) is 22.7. The molecule has 0 saturated heterocycles. The Labute approximate surface area is 153 Å². The number of benzene rings is 2. The van der Waals surface area contributed by atoms with Gasteiger partial charge in [0.05, 0.1) is 23.8 Å². The summed E-state index contributed by atoms with van der Waals surface area (Å²) in [5.74, 6) is 0.0437. The first-order valence-corrected chi connectivity index (χ1v) is 8.17. The summed E-state index contributed by atoms with van der Waals surface area (Å²) in [5.41, 5.74) is 1.51. The van der Waals surface area contributed by atoms with Crippen LogP contribution in [-0.4, -0.2) is 24.0 Å². The monoisotopic (exact) mass is 408 g/mol. The zero-order valence-corrected chi connectivity index (χ0v) is 15.5. The van der Waals surface area contributed by atoms with Gasteiger partial charge in [-0.1, -0.05) is 6.07 Å². The number of hydrogen-bond donors (Lipinski definition) is 1. The molecule has 0 radical (unpaired) electrons. The second-order valence-corrected chi connectivity index (χ2v) is 6.18. The maximum absolute atomic E-state index is 12.3. The Morgan fingerprint density at radius 2 is 1.96 bits per heavy atom. The summed E-state index contributed by atoms with van der Waals surface area (Å²) in [5, 5.41) is 13.7. The molecular weight excluding hydrogens is 392 g/mol. The first-order chi connectivity index (χ1) is 11.8. The zero-order valence-electron chi connectivity index (χ0n) is 13.9. The lowest BCUT2D eigenvalue weighted by molar-refractivity contribution is -0.385. The van der Waals surface area contributed by atoms with Gasteiger partial charge >= 0.3 is 0 Å². The van der Waals surface area contributed by atoms with Crippen molar-refractivity contribution in [3.8, 4) is 11.5 Å². The number of anilines is 1. The number of rotatable bonds is 6. The van der Waals surface area contributed by atoms with Gasteiger partial charge in [-0.2, -0.15) is 0 Å². The third kappa shape index (κ3) is 4.69. The number of amides is 1. The standard InChI is InChI=1S/C17H17BrN2O5/c1-10-4-6-14(13(18)8-10)19-17(21)11(2)25-16-9-12(20(22)23)5-7-15(16)24-3/h4-9,11H,1-3H3,(H,19,21)/t11-/m0/s1. The summed E-state index contributed by atoms with van der Waals surface area (Å²) >= 11 is 3.39. The molecule has 0 bridgehead atoms. The first-order valence-electron chi connectivity index (χ1n) is 7.38. The molecule has 8 heteroatoms. The Kier molecular flexibility index (Phi) is 5.97. The third-order valence-electron chi connectivity index (χ3n) is 3.41. The summed E-state index contributed by atoms with van der Waals surface area (Å²) in [6.07, 6.45) is -0.885. The molecule has 132 valence electrons. The van der Waals surface area contributed by atoms with E-state index in [4.69, 9.17) is 9.47 Å². The number of carbonyl (C=O) groups excluding carboxylic acids is 1. The number of ether oxygens (including phenoxy) is 2. The molecule has 7 nitrogen and oxygen atoms in total. The number of nitro groups is 1. The molecule has 0 aliphatic carbocycles. The number of halogens is 1. The average Bonchev–Trinajstić information content (AvgIpc) is 2.57. The number of non-ortho nitro benzene ring substituents is 1. The highest BCUT2D eigenvalue weighted by Crippen LogP contribution is 2.32. The van der Waals surface area contributed by atoms with E-state index in [9.17, 15) is 14.9 Å². The van der Waals surface area contributed by atoms with Gasteiger partial charge in [-0.3, -0.25) is 14.9 Å². The van der Waals surface area contributed by atoms with Crippen molar-refractivity contribution < 1.29 is 19.2 Å². The summed E-state index contributed by atoms with van der Waals surface area (Å²) < 4.78 is 11.4. The van der Waals surface area contributed by atoms with Crippen LogP contribution >= 0.6 is 15.9 Å². The molecule has 0 aliphatic heterocycles. The highest BCUT2D eigenvalue weighted by molar-refractivity contribution is 9.10. The molecule has 0 aliphatic rings. The fourth-order valence-corrected chi connectivity index (χ4v) is 2.66. The van der Waals surface area contributed by atoms with E-state index in [2.05, 4.69) is 21.2 Å². The summed E-state index contributed by atoms with van der Waals surface area (Å²) in [6, 6.07) is 9.48. The van der Waals surface area contributed by atoms with Crippen molar-refractivity contribution in [2.24, 2.45) is 0 Å². The number of nitrogens with one attached hydrogen (secondary N) is 1.